The van der Waals surface area contributed by atoms with Crippen molar-refractivity contribution >= 4 is 45.0 Å². The lowest BCUT2D eigenvalue weighted by Gasteiger charge is -2.13. The van der Waals surface area contributed by atoms with Gasteiger partial charge in [0.1, 0.15) is 17.9 Å². The van der Waals surface area contributed by atoms with Crippen LogP contribution in [0.3, 0.4) is 0 Å². The molecule has 1 heterocycles. The molecule has 0 unspecified atom stereocenters. The lowest BCUT2D eigenvalue weighted by molar-refractivity contribution is 0.0696. The predicted octanol–water partition coefficient (Wildman–Crippen LogP) is 5.64. The van der Waals surface area contributed by atoms with E-state index < -0.39 is 11.9 Å². The van der Waals surface area contributed by atoms with Gasteiger partial charge >= 0.3 is 11.9 Å². The molecule has 4 aromatic rings. The number of furan rings is 1. The number of nitrogens with zero attached hydrogens (tertiary/aromatic N) is 1. The number of aromatic carboxylic acids is 1. The summed E-state index contributed by atoms with van der Waals surface area (Å²) in [5.41, 5.74) is 4.67. The summed E-state index contributed by atoms with van der Waals surface area (Å²) in [6.45, 7) is 2.66. The van der Waals surface area contributed by atoms with E-state index >= 15 is 0 Å². The Kier molecular flexibility index (Phi) is 8.09. The molecular weight excluding hydrogens is 544 g/mol. The SMILES string of the molecule is CCOc1ccc2oc(C(=O)N/N=C/c3cc(OC)c(OCc4ccc(C(=O)O)cc4)cc3Br)cc2c1. The standard InChI is InChI=1S/C27H23BrN2O7/c1-3-35-20-8-9-22-18(10-20)11-25(37-22)26(31)30-29-14-19-12-23(34-2)24(13-21(19)28)36-15-16-4-6-17(7-5-16)27(32)33/h4-14H,3,15H2,1-2H3,(H,30,31)(H,32,33)/b29-14+. The number of rotatable bonds is 10. The van der Waals surface area contributed by atoms with Crippen LogP contribution in [0.1, 0.15) is 39.0 Å². The molecule has 0 spiro atoms. The fourth-order valence-corrected chi connectivity index (χ4v) is 3.86. The maximum absolute atomic E-state index is 12.5. The van der Waals surface area contributed by atoms with E-state index in [0.29, 0.717) is 39.5 Å². The molecule has 37 heavy (non-hydrogen) atoms. The van der Waals surface area contributed by atoms with Crippen molar-refractivity contribution in [2.75, 3.05) is 13.7 Å². The Hall–Kier alpha value is -4.31. The van der Waals surface area contributed by atoms with Crippen molar-refractivity contribution in [3.8, 4) is 17.2 Å². The smallest absolute Gasteiger partial charge is 0.335 e. The largest absolute Gasteiger partial charge is 0.494 e. The molecule has 0 bridgehead atoms. The van der Waals surface area contributed by atoms with Crippen LogP contribution >= 0.6 is 15.9 Å². The summed E-state index contributed by atoms with van der Waals surface area (Å²) in [5.74, 6) is 0.273. The first-order valence-corrected chi connectivity index (χ1v) is 12.0. The normalized spacial score (nSPS) is 11.0. The van der Waals surface area contributed by atoms with Gasteiger partial charge in [-0.2, -0.15) is 5.10 Å². The lowest BCUT2D eigenvalue weighted by Crippen LogP contribution is -2.16. The van der Waals surface area contributed by atoms with Gasteiger partial charge in [0.15, 0.2) is 17.3 Å². The fourth-order valence-electron chi connectivity index (χ4n) is 3.43. The number of benzene rings is 3. The molecule has 0 fully saturated rings. The van der Waals surface area contributed by atoms with Crippen molar-refractivity contribution in [1.82, 2.24) is 5.43 Å². The molecule has 0 saturated heterocycles. The minimum Gasteiger partial charge on any atom is -0.494 e. The van der Waals surface area contributed by atoms with E-state index in [1.54, 1.807) is 48.5 Å². The van der Waals surface area contributed by atoms with E-state index in [4.69, 9.17) is 23.7 Å². The van der Waals surface area contributed by atoms with Crippen LogP contribution in [-0.4, -0.2) is 36.9 Å². The molecule has 9 nitrogen and oxygen atoms in total. The quantitative estimate of drug-likeness (QED) is 0.188. The Morgan fingerprint density at radius 1 is 1.05 bits per heavy atom. The molecule has 1 aromatic heterocycles. The first kappa shape index (κ1) is 25.8. The van der Waals surface area contributed by atoms with Crippen LogP contribution in [-0.2, 0) is 6.61 Å². The van der Waals surface area contributed by atoms with Gasteiger partial charge < -0.3 is 23.7 Å². The molecule has 0 aliphatic rings. The highest BCUT2D eigenvalue weighted by molar-refractivity contribution is 9.10. The van der Waals surface area contributed by atoms with E-state index in [1.807, 2.05) is 6.92 Å². The van der Waals surface area contributed by atoms with Crippen molar-refractivity contribution in [2.24, 2.45) is 5.10 Å². The molecule has 0 saturated carbocycles. The molecule has 190 valence electrons. The zero-order valence-corrected chi connectivity index (χ0v) is 21.6. The number of carbonyl (C=O) groups excluding carboxylic acids is 1. The maximum atomic E-state index is 12.5. The minimum absolute atomic E-state index is 0.123. The molecule has 0 aliphatic heterocycles. The monoisotopic (exact) mass is 566 g/mol. The van der Waals surface area contributed by atoms with Crippen LogP contribution < -0.4 is 19.6 Å². The lowest BCUT2D eigenvalue weighted by atomic mass is 10.1. The number of carbonyl (C=O) groups is 2. The van der Waals surface area contributed by atoms with Gasteiger partial charge in [0.25, 0.3) is 0 Å². The molecule has 4 rings (SSSR count). The van der Waals surface area contributed by atoms with Crippen molar-refractivity contribution in [2.45, 2.75) is 13.5 Å². The van der Waals surface area contributed by atoms with Crippen LogP contribution in [0, 0.1) is 0 Å². The number of hydrogen-bond donors (Lipinski definition) is 2. The number of halogens is 1. The van der Waals surface area contributed by atoms with Gasteiger partial charge in [0.2, 0.25) is 0 Å². The summed E-state index contributed by atoms with van der Waals surface area (Å²) in [6, 6.07) is 16.8. The predicted molar refractivity (Wildman–Crippen MR) is 141 cm³/mol. The molecule has 0 aliphatic carbocycles. The van der Waals surface area contributed by atoms with E-state index in [-0.39, 0.29) is 17.9 Å². The Bertz CT molecular complexity index is 1460. The Labute approximate surface area is 220 Å². The van der Waals surface area contributed by atoms with Crippen LogP contribution in [0.5, 0.6) is 17.2 Å². The van der Waals surface area contributed by atoms with E-state index in [9.17, 15) is 9.59 Å². The number of carboxylic acids is 1. The summed E-state index contributed by atoms with van der Waals surface area (Å²) < 4.78 is 23.1. The third kappa shape index (κ3) is 6.28. The number of amides is 1. The third-order valence-corrected chi connectivity index (χ3v) is 5.96. The van der Waals surface area contributed by atoms with Gasteiger partial charge in [-0.25, -0.2) is 10.2 Å². The second-order valence-corrected chi connectivity index (χ2v) is 8.61. The highest BCUT2D eigenvalue weighted by Gasteiger charge is 2.13. The first-order chi connectivity index (χ1) is 17.9. The van der Waals surface area contributed by atoms with Crippen LogP contribution in [0.4, 0.5) is 0 Å². The number of fused-ring (bicyclic) bond motifs is 1. The summed E-state index contributed by atoms with van der Waals surface area (Å²) in [7, 11) is 1.51. The van der Waals surface area contributed by atoms with E-state index in [1.165, 1.54) is 25.5 Å². The topological polar surface area (TPSA) is 120 Å². The number of nitrogens with one attached hydrogen (secondary N) is 1. The van der Waals surface area contributed by atoms with Crippen molar-refractivity contribution in [3.63, 3.8) is 0 Å². The second kappa shape index (κ2) is 11.6. The molecule has 3 aromatic carbocycles. The number of ether oxygens (including phenoxy) is 3. The summed E-state index contributed by atoms with van der Waals surface area (Å²) >= 11 is 3.48. The summed E-state index contributed by atoms with van der Waals surface area (Å²) in [6.07, 6.45) is 1.47. The molecule has 0 radical (unpaired) electrons. The van der Waals surface area contributed by atoms with Crippen molar-refractivity contribution in [3.05, 3.63) is 87.6 Å². The van der Waals surface area contributed by atoms with Gasteiger partial charge in [-0.1, -0.05) is 12.1 Å². The highest BCUT2D eigenvalue weighted by atomic mass is 79.9. The van der Waals surface area contributed by atoms with Crippen LogP contribution in [0.15, 0.2) is 74.7 Å². The first-order valence-electron chi connectivity index (χ1n) is 11.2. The van der Waals surface area contributed by atoms with Gasteiger partial charge in [0.05, 0.1) is 25.5 Å². The Balaban J connectivity index is 1.41. The third-order valence-electron chi connectivity index (χ3n) is 5.27. The molecule has 0 atom stereocenters. The summed E-state index contributed by atoms with van der Waals surface area (Å²) in [4.78, 5) is 23.5. The van der Waals surface area contributed by atoms with Gasteiger partial charge in [-0.15, -0.1) is 0 Å². The van der Waals surface area contributed by atoms with Crippen LogP contribution in [0.25, 0.3) is 11.0 Å². The second-order valence-electron chi connectivity index (χ2n) is 7.76. The number of methoxy groups -OCH3 is 1. The van der Waals surface area contributed by atoms with Gasteiger partial charge in [-0.3, -0.25) is 4.79 Å². The molecule has 1 amide bonds. The summed E-state index contributed by atoms with van der Waals surface area (Å²) in [5, 5.41) is 13.8. The fraction of sp³-hybridized carbons (Fsp3) is 0.148. The zero-order valence-electron chi connectivity index (χ0n) is 20.0. The molecule has 10 heteroatoms. The molecule has 2 N–H and O–H groups in total. The average Bonchev–Trinajstić information content (AvgIpc) is 3.32. The van der Waals surface area contributed by atoms with Crippen molar-refractivity contribution < 1.29 is 33.3 Å². The number of hydrazone groups is 1. The Morgan fingerprint density at radius 3 is 2.54 bits per heavy atom. The van der Waals surface area contributed by atoms with E-state index in [2.05, 4.69) is 26.5 Å². The zero-order chi connectivity index (χ0) is 26.4. The van der Waals surface area contributed by atoms with Gasteiger partial charge in [-0.05, 0) is 76.9 Å². The Morgan fingerprint density at radius 2 is 1.84 bits per heavy atom. The highest BCUT2D eigenvalue weighted by Crippen LogP contribution is 2.33. The minimum atomic E-state index is -0.986. The number of carboxylic acid groups (broad SMARTS) is 1. The van der Waals surface area contributed by atoms with Crippen molar-refractivity contribution in [1.29, 1.82) is 0 Å². The van der Waals surface area contributed by atoms with Gasteiger partial charge in [0, 0.05) is 15.4 Å². The maximum Gasteiger partial charge on any atom is 0.335 e. The average molecular weight is 567 g/mol. The van der Waals surface area contributed by atoms with E-state index in [0.717, 1.165) is 10.9 Å². The van der Waals surface area contributed by atoms with Crippen LogP contribution in [0.2, 0.25) is 0 Å². The number of hydrogen-bond acceptors (Lipinski definition) is 7. The molecular formula is C27H23BrN2O7.